The van der Waals surface area contributed by atoms with E-state index in [2.05, 4.69) is 30.1 Å². The van der Waals surface area contributed by atoms with Gasteiger partial charge in [-0.15, -0.1) is 0 Å². The lowest BCUT2D eigenvalue weighted by molar-refractivity contribution is -0.150. The molecular formula is C26H42N7O12PS. The van der Waals surface area contributed by atoms with Gasteiger partial charge >= 0.3 is 24.8 Å². The minimum Gasteiger partial charge on any atom is -0.479 e. The fourth-order valence-corrected chi connectivity index (χ4v) is 8.21. The summed E-state index contributed by atoms with van der Waals surface area (Å²) in [6, 6.07) is -2.49. The van der Waals surface area contributed by atoms with Crippen molar-refractivity contribution in [2.45, 2.75) is 89.9 Å². The highest BCUT2D eigenvalue weighted by Gasteiger charge is 2.54. The van der Waals surface area contributed by atoms with Crippen LogP contribution in [0, 0.1) is 0 Å². The number of esters is 2. The fourth-order valence-electron chi connectivity index (χ4n) is 4.36. The molecule has 1 saturated heterocycles. The molecule has 21 heteroatoms. The molecule has 19 nitrogen and oxygen atoms in total. The van der Waals surface area contributed by atoms with Gasteiger partial charge < -0.3 is 49.5 Å². The van der Waals surface area contributed by atoms with E-state index in [1.807, 2.05) is 0 Å². The fraction of sp³-hybridized carbons (Fsp3) is 0.692. The Balaban J connectivity index is 1.86. The molecule has 0 radical (unpaired) electrons. The molecule has 6 N–H and O–H groups in total. The van der Waals surface area contributed by atoms with E-state index in [1.165, 1.54) is 31.9 Å². The Morgan fingerprint density at radius 3 is 2.38 bits per heavy atom. The number of nitrogens with one attached hydrogen (secondary N) is 2. The number of carbonyl (C=O) groups is 3. The van der Waals surface area contributed by atoms with Crippen LogP contribution >= 0.6 is 18.1 Å². The highest BCUT2D eigenvalue weighted by atomic mass is 32.7. The molecule has 0 aliphatic carbocycles. The molecule has 0 spiro atoms. The molecule has 1 amide bonds. The number of imidazole rings is 1. The molecule has 47 heavy (non-hydrogen) atoms. The number of alkyl carbamates (subject to hydrolysis) is 1. The van der Waals surface area contributed by atoms with E-state index in [0.29, 0.717) is 11.4 Å². The third kappa shape index (κ3) is 9.43. The second-order valence-corrected chi connectivity index (χ2v) is 15.5. The number of nitrogen functional groups attached to an aromatic ring is 1. The molecular weight excluding hydrogens is 665 g/mol. The molecule has 0 saturated carbocycles. The molecule has 0 aromatic carbocycles. The number of hydrogen-bond donors (Lipinski definition) is 5. The standard InChI is InChI=1S/C26H42N7O12PS/c1-12(2)43-21(35)14(5)32-46(39,47-10-15(29-25(37)41-8)22(36)44-13(3)4)42-9-16-18(34)26(6,38)23(45-16)33-11-28-17-19(33)30-24(27)31-20(17)40-7/h11-16,18,23,34,38H,9-10H2,1-8H3,(H,29,37)(H,32,39)(H2,27,30,31)/t14-,15+,16-,18-,23-,26-,46?/m1/s1. The highest BCUT2D eigenvalue weighted by Crippen LogP contribution is 2.57. The first kappa shape index (κ1) is 38.2. The number of aliphatic hydroxyl groups is 2. The van der Waals surface area contributed by atoms with Crippen molar-refractivity contribution in [1.29, 1.82) is 0 Å². The van der Waals surface area contributed by atoms with Gasteiger partial charge in [-0.25, -0.2) is 19.7 Å². The number of carbonyl (C=O) groups excluding carboxylic acids is 3. The van der Waals surface area contributed by atoms with Crippen LogP contribution in [-0.2, 0) is 37.6 Å². The second kappa shape index (κ2) is 15.8. The Bertz CT molecular complexity index is 1480. The average molecular weight is 708 g/mol. The SMILES string of the molecule is COC(=O)N[C@@H](CSP(=O)(N[C@H](C)C(=O)OC(C)C)OC[C@H]1O[C@@H](n2cnc3c(OC)nc(N)nc32)[C@](C)(O)[C@@H]1O)C(=O)OC(C)C. The van der Waals surface area contributed by atoms with Crippen molar-refractivity contribution in [1.82, 2.24) is 29.9 Å². The van der Waals surface area contributed by atoms with Crippen molar-refractivity contribution >= 4 is 53.2 Å². The van der Waals surface area contributed by atoms with Crippen molar-refractivity contribution in [3.8, 4) is 5.88 Å². The summed E-state index contributed by atoms with van der Waals surface area (Å²) in [5.41, 5.74) is 4.22. The smallest absolute Gasteiger partial charge is 0.407 e. The van der Waals surface area contributed by atoms with Crippen molar-refractivity contribution in [3.05, 3.63) is 6.33 Å². The summed E-state index contributed by atoms with van der Waals surface area (Å²) >= 11 is 0.579. The van der Waals surface area contributed by atoms with Crippen LogP contribution in [0.4, 0.5) is 10.7 Å². The number of anilines is 1. The van der Waals surface area contributed by atoms with Gasteiger partial charge in [0.05, 0.1) is 39.4 Å². The molecule has 1 aliphatic rings. The minimum atomic E-state index is -4.19. The van der Waals surface area contributed by atoms with Gasteiger partial charge in [-0.1, -0.05) is 11.4 Å². The number of hydrogen-bond acceptors (Lipinski definition) is 17. The van der Waals surface area contributed by atoms with Crippen molar-refractivity contribution in [3.63, 3.8) is 0 Å². The van der Waals surface area contributed by atoms with Crippen LogP contribution in [0.15, 0.2) is 6.33 Å². The van der Waals surface area contributed by atoms with Crippen LogP contribution in [0.3, 0.4) is 0 Å². The Labute approximate surface area is 274 Å². The van der Waals surface area contributed by atoms with Crippen molar-refractivity contribution in [2.75, 3.05) is 32.3 Å². The topological polar surface area (TPSA) is 258 Å². The number of aliphatic hydroxyl groups excluding tert-OH is 1. The van der Waals surface area contributed by atoms with Gasteiger partial charge in [-0.3, -0.25) is 13.9 Å². The minimum absolute atomic E-state index is 0.0794. The van der Waals surface area contributed by atoms with Crippen LogP contribution in [0.1, 0.15) is 47.8 Å². The first-order chi connectivity index (χ1) is 21.9. The van der Waals surface area contributed by atoms with E-state index >= 15 is 0 Å². The number of nitrogens with zero attached hydrogens (tertiary/aromatic N) is 4. The maximum Gasteiger partial charge on any atom is 0.407 e. The zero-order chi connectivity index (χ0) is 35.3. The first-order valence-electron chi connectivity index (χ1n) is 14.4. The third-order valence-corrected chi connectivity index (χ3v) is 10.7. The number of ether oxygens (including phenoxy) is 5. The van der Waals surface area contributed by atoms with Crippen LogP contribution in [0.2, 0.25) is 0 Å². The van der Waals surface area contributed by atoms with Gasteiger partial charge in [0.15, 0.2) is 17.4 Å². The van der Waals surface area contributed by atoms with Crippen LogP contribution in [0.5, 0.6) is 5.88 Å². The molecule has 1 aliphatic heterocycles. The number of aromatic nitrogens is 4. The summed E-state index contributed by atoms with van der Waals surface area (Å²) in [6.45, 7) is 4.44. The summed E-state index contributed by atoms with van der Waals surface area (Å²) < 4.78 is 47.5. The van der Waals surface area contributed by atoms with E-state index in [1.54, 1.807) is 27.7 Å². The Morgan fingerprint density at radius 1 is 1.15 bits per heavy atom. The molecule has 3 rings (SSSR count). The summed E-state index contributed by atoms with van der Waals surface area (Å²) in [6.07, 6.45) is -4.80. The average Bonchev–Trinajstić information content (AvgIpc) is 3.49. The van der Waals surface area contributed by atoms with E-state index < -0.39 is 79.7 Å². The van der Waals surface area contributed by atoms with E-state index in [0.717, 1.165) is 7.11 Å². The summed E-state index contributed by atoms with van der Waals surface area (Å²) in [7, 11) is 2.47. The summed E-state index contributed by atoms with van der Waals surface area (Å²) in [4.78, 5) is 49.6. The predicted octanol–water partition coefficient (Wildman–Crippen LogP) is 0.890. The van der Waals surface area contributed by atoms with E-state index in [4.69, 9.17) is 29.2 Å². The van der Waals surface area contributed by atoms with Crippen LogP contribution in [0.25, 0.3) is 11.2 Å². The normalized spacial score (nSPS) is 23.7. The lowest BCUT2D eigenvalue weighted by atomic mass is 9.96. The zero-order valence-corrected chi connectivity index (χ0v) is 28.9. The predicted molar refractivity (Wildman–Crippen MR) is 167 cm³/mol. The molecule has 2 aromatic heterocycles. The summed E-state index contributed by atoms with van der Waals surface area (Å²) in [5.74, 6) is -1.98. The number of rotatable bonds is 15. The van der Waals surface area contributed by atoms with Gasteiger partial charge in [0.1, 0.15) is 29.9 Å². The lowest BCUT2D eigenvalue weighted by Gasteiger charge is -2.27. The summed E-state index contributed by atoms with van der Waals surface area (Å²) in [5, 5.41) is 27.4. The monoisotopic (exact) mass is 707 g/mol. The molecule has 1 unspecified atom stereocenters. The molecule has 1 fully saturated rings. The van der Waals surface area contributed by atoms with Gasteiger partial charge in [-0.05, 0) is 41.5 Å². The van der Waals surface area contributed by atoms with Gasteiger partial charge in [-0.2, -0.15) is 9.97 Å². The molecule has 2 aromatic rings. The van der Waals surface area contributed by atoms with Crippen molar-refractivity contribution in [2.24, 2.45) is 0 Å². The van der Waals surface area contributed by atoms with E-state index in [9.17, 15) is 29.2 Å². The maximum atomic E-state index is 14.2. The lowest BCUT2D eigenvalue weighted by Crippen LogP contribution is -2.45. The maximum absolute atomic E-state index is 14.2. The Kier molecular flexibility index (Phi) is 12.8. The number of nitrogens with two attached hydrogens (primary N) is 1. The number of methoxy groups -OCH3 is 2. The largest absolute Gasteiger partial charge is 0.479 e. The highest BCUT2D eigenvalue weighted by molar-refractivity contribution is 8.56. The Hall–Kier alpha value is -3.26. The van der Waals surface area contributed by atoms with Crippen molar-refractivity contribution < 1.29 is 57.4 Å². The quantitative estimate of drug-likeness (QED) is 0.0978. The van der Waals surface area contributed by atoms with E-state index in [-0.39, 0.29) is 28.7 Å². The molecule has 3 heterocycles. The van der Waals surface area contributed by atoms with Gasteiger partial charge in [0.25, 0.3) is 0 Å². The molecule has 7 atom stereocenters. The van der Waals surface area contributed by atoms with Crippen LogP contribution < -0.4 is 20.9 Å². The second-order valence-electron chi connectivity index (χ2n) is 11.2. The Morgan fingerprint density at radius 2 is 1.79 bits per heavy atom. The molecule has 264 valence electrons. The van der Waals surface area contributed by atoms with Gasteiger partial charge in [0.2, 0.25) is 11.8 Å². The van der Waals surface area contributed by atoms with Gasteiger partial charge in [0, 0.05) is 5.75 Å². The number of amides is 1. The number of fused-ring (bicyclic) bond motifs is 1. The first-order valence-corrected chi connectivity index (χ1v) is 17.7. The third-order valence-electron chi connectivity index (χ3n) is 6.60. The van der Waals surface area contributed by atoms with Crippen LogP contribution in [-0.4, -0.2) is 116 Å². The molecule has 0 bridgehead atoms. The zero-order valence-electron chi connectivity index (χ0n) is 27.2.